The molecule has 1 fully saturated rings. The van der Waals surface area contributed by atoms with Crippen LogP contribution in [0.4, 0.5) is 0 Å². The van der Waals surface area contributed by atoms with Crippen molar-refractivity contribution in [3.8, 4) is 11.5 Å². The molecule has 0 radical (unpaired) electrons. The number of allylic oxidation sites excluding steroid dienone is 5. The van der Waals surface area contributed by atoms with Gasteiger partial charge in [0, 0.05) is 37.4 Å². The Hall–Kier alpha value is -2.46. The van der Waals surface area contributed by atoms with Crippen LogP contribution in [0.1, 0.15) is 24.8 Å². The molecule has 0 unspecified atom stereocenters. The van der Waals surface area contributed by atoms with E-state index in [1.165, 1.54) is 30.5 Å². The number of hydrogen-bond acceptors (Lipinski definition) is 4. The molecular formula is C22H26N2O2. The lowest BCUT2D eigenvalue weighted by Gasteiger charge is -2.32. The molecule has 136 valence electrons. The molecule has 0 amide bonds. The fourth-order valence-electron chi connectivity index (χ4n) is 3.73. The van der Waals surface area contributed by atoms with E-state index in [1.54, 1.807) is 0 Å². The van der Waals surface area contributed by atoms with Crippen molar-refractivity contribution < 1.29 is 9.47 Å². The topological polar surface area (TPSA) is 33.7 Å². The Morgan fingerprint density at radius 2 is 1.96 bits per heavy atom. The Kier molecular flexibility index (Phi) is 5.12. The zero-order valence-electron chi connectivity index (χ0n) is 15.2. The highest BCUT2D eigenvalue weighted by atomic mass is 16.7. The first-order valence-corrected chi connectivity index (χ1v) is 9.42. The zero-order valence-corrected chi connectivity index (χ0v) is 15.2. The third-order valence-corrected chi connectivity index (χ3v) is 5.06. The van der Waals surface area contributed by atoms with Crippen molar-refractivity contribution >= 4 is 0 Å². The first-order chi connectivity index (χ1) is 12.8. The largest absolute Gasteiger partial charge is 0.454 e. The molecule has 0 atom stereocenters. The van der Waals surface area contributed by atoms with Crippen LogP contribution in [0.5, 0.6) is 11.5 Å². The second kappa shape index (κ2) is 7.83. The van der Waals surface area contributed by atoms with Gasteiger partial charge in [0.2, 0.25) is 6.79 Å². The molecule has 2 heterocycles. The van der Waals surface area contributed by atoms with Gasteiger partial charge < -0.3 is 19.7 Å². The number of ether oxygens (including phenoxy) is 2. The van der Waals surface area contributed by atoms with Crippen LogP contribution in [-0.2, 0) is 6.54 Å². The molecule has 2 aliphatic heterocycles. The standard InChI is InChI=1S/C22H26N2O2/c1-17-7-5-8-18(20(13-17)24-11-3-2-4-12-24)14-23-15-19-9-6-10-21-22(19)26-16-25-21/h5-10,13,23H,1-4,11-12,14-16H2. The van der Waals surface area contributed by atoms with E-state index in [9.17, 15) is 0 Å². The molecule has 4 nitrogen and oxygen atoms in total. The number of benzene rings is 1. The van der Waals surface area contributed by atoms with Crippen molar-refractivity contribution in [1.82, 2.24) is 10.2 Å². The Morgan fingerprint density at radius 3 is 2.85 bits per heavy atom. The quantitative estimate of drug-likeness (QED) is 0.872. The lowest BCUT2D eigenvalue weighted by molar-refractivity contribution is 0.173. The van der Waals surface area contributed by atoms with Gasteiger partial charge in [-0.1, -0.05) is 36.9 Å². The van der Waals surface area contributed by atoms with Crippen molar-refractivity contribution in [1.29, 1.82) is 0 Å². The normalized spacial score (nSPS) is 19.2. The number of fused-ring (bicyclic) bond motifs is 1. The summed E-state index contributed by atoms with van der Waals surface area (Å²) in [6, 6.07) is 6.06. The molecule has 4 heteroatoms. The van der Waals surface area contributed by atoms with Gasteiger partial charge in [-0.2, -0.15) is 0 Å². The molecule has 0 spiro atoms. The molecule has 3 aliphatic rings. The van der Waals surface area contributed by atoms with Crippen molar-refractivity contribution in [2.45, 2.75) is 25.8 Å². The summed E-state index contributed by atoms with van der Waals surface area (Å²) in [5.41, 5.74) is 4.82. The minimum atomic E-state index is 0.312. The molecule has 1 saturated heterocycles. The molecule has 0 saturated carbocycles. The molecule has 26 heavy (non-hydrogen) atoms. The predicted octanol–water partition coefficient (Wildman–Crippen LogP) is 3.93. The van der Waals surface area contributed by atoms with Gasteiger partial charge in [0.1, 0.15) is 0 Å². The maximum Gasteiger partial charge on any atom is 0.231 e. The number of para-hydroxylation sites is 1. The summed E-state index contributed by atoms with van der Waals surface area (Å²) in [4.78, 5) is 2.51. The zero-order chi connectivity index (χ0) is 17.8. The Labute approximate surface area is 155 Å². The van der Waals surface area contributed by atoms with Gasteiger partial charge in [-0.3, -0.25) is 0 Å². The van der Waals surface area contributed by atoms with Gasteiger partial charge in [-0.25, -0.2) is 0 Å². The van der Waals surface area contributed by atoms with E-state index in [-0.39, 0.29) is 0 Å². The summed E-state index contributed by atoms with van der Waals surface area (Å²) in [5.74, 6) is 1.71. The van der Waals surface area contributed by atoms with E-state index in [2.05, 4.69) is 47.2 Å². The Bertz CT molecular complexity index is 770. The minimum Gasteiger partial charge on any atom is -0.454 e. The van der Waals surface area contributed by atoms with Gasteiger partial charge in [0.25, 0.3) is 0 Å². The summed E-state index contributed by atoms with van der Waals surface area (Å²) in [5, 5.41) is 3.58. The molecule has 0 aromatic heterocycles. The van der Waals surface area contributed by atoms with E-state index >= 15 is 0 Å². The number of hydrogen-bond donors (Lipinski definition) is 1. The van der Waals surface area contributed by atoms with Crippen LogP contribution in [-0.4, -0.2) is 31.3 Å². The van der Waals surface area contributed by atoms with Gasteiger partial charge in [-0.15, -0.1) is 0 Å². The molecule has 0 bridgehead atoms. The number of piperidine rings is 1. The van der Waals surface area contributed by atoms with E-state index < -0.39 is 0 Å². The summed E-state index contributed by atoms with van der Waals surface area (Å²) in [6.07, 6.45) is 12.5. The Balaban J connectivity index is 1.45. The SMILES string of the molecule is C=C1C=CC=C(CNCc2cccc3c2OCO3)C(N2CCCCC2)=C1. The van der Waals surface area contributed by atoms with Crippen LogP contribution in [0, 0.1) is 0 Å². The van der Waals surface area contributed by atoms with Gasteiger partial charge in [0.15, 0.2) is 11.5 Å². The first-order valence-electron chi connectivity index (χ1n) is 9.42. The van der Waals surface area contributed by atoms with Crippen LogP contribution in [0.3, 0.4) is 0 Å². The molecule has 1 N–H and O–H groups in total. The monoisotopic (exact) mass is 350 g/mol. The van der Waals surface area contributed by atoms with E-state index in [0.717, 1.165) is 48.8 Å². The van der Waals surface area contributed by atoms with Crippen molar-refractivity contribution in [2.75, 3.05) is 26.4 Å². The molecule has 1 aliphatic carbocycles. The summed E-state index contributed by atoms with van der Waals surface area (Å²) < 4.78 is 11.1. The number of likely N-dealkylation sites (tertiary alicyclic amines) is 1. The molecule has 1 aromatic carbocycles. The summed E-state index contributed by atoms with van der Waals surface area (Å²) in [6.45, 7) is 8.29. The van der Waals surface area contributed by atoms with Crippen molar-refractivity contribution in [2.24, 2.45) is 0 Å². The van der Waals surface area contributed by atoms with E-state index in [0.29, 0.717) is 6.79 Å². The third kappa shape index (κ3) is 3.70. The average molecular weight is 350 g/mol. The van der Waals surface area contributed by atoms with Crippen LogP contribution in [0.15, 0.2) is 65.9 Å². The van der Waals surface area contributed by atoms with E-state index in [4.69, 9.17) is 9.47 Å². The first kappa shape index (κ1) is 17.0. The fourth-order valence-corrected chi connectivity index (χ4v) is 3.73. The highest BCUT2D eigenvalue weighted by Gasteiger charge is 2.19. The highest BCUT2D eigenvalue weighted by Crippen LogP contribution is 2.35. The van der Waals surface area contributed by atoms with Gasteiger partial charge in [-0.05, 0) is 42.6 Å². The maximum absolute atomic E-state index is 5.60. The number of nitrogens with zero attached hydrogens (tertiary/aromatic N) is 1. The smallest absolute Gasteiger partial charge is 0.231 e. The Morgan fingerprint density at radius 1 is 1.08 bits per heavy atom. The predicted molar refractivity (Wildman–Crippen MR) is 104 cm³/mol. The third-order valence-electron chi connectivity index (χ3n) is 5.06. The average Bonchev–Trinajstić information content (AvgIpc) is 3.08. The number of nitrogens with one attached hydrogen (secondary N) is 1. The molecular weight excluding hydrogens is 324 g/mol. The van der Waals surface area contributed by atoms with E-state index in [1.807, 2.05) is 12.1 Å². The van der Waals surface area contributed by atoms with Crippen molar-refractivity contribution in [3.05, 3.63) is 71.5 Å². The van der Waals surface area contributed by atoms with Gasteiger partial charge >= 0.3 is 0 Å². The minimum absolute atomic E-state index is 0.312. The summed E-state index contributed by atoms with van der Waals surface area (Å²) >= 11 is 0. The summed E-state index contributed by atoms with van der Waals surface area (Å²) in [7, 11) is 0. The molecule has 4 rings (SSSR count). The molecule has 1 aromatic rings. The maximum atomic E-state index is 5.60. The van der Waals surface area contributed by atoms with Crippen LogP contribution >= 0.6 is 0 Å². The second-order valence-electron chi connectivity index (χ2n) is 6.96. The van der Waals surface area contributed by atoms with Crippen LogP contribution in [0.25, 0.3) is 0 Å². The fraction of sp³-hybridized carbons (Fsp3) is 0.364. The lowest BCUT2D eigenvalue weighted by Crippen LogP contribution is -2.32. The van der Waals surface area contributed by atoms with Crippen LogP contribution in [0.2, 0.25) is 0 Å². The lowest BCUT2D eigenvalue weighted by atomic mass is 10.1. The van der Waals surface area contributed by atoms with Crippen LogP contribution < -0.4 is 14.8 Å². The highest BCUT2D eigenvalue weighted by molar-refractivity contribution is 5.48. The second-order valence-corrected chi connectivity index (χ2v) is 6.96. The van der Waals surface area contributed by atoms with Crippen molar-refractivity contribution in [3.63, 3.8) is 0 Å². The van der Waals surface area contributed by atoms with Gasteiger partial charge in [0.05, 0.1) is 0 Å². The number of rotatable bonds is 5.